The number of carbonyl (C=O) groups is 1. The van der Waals surface area contributed by atoms with Crippen LogP contribution >= 0.6 is 20.3 Å². The average Bonchev–Trinajstić information content (AvgIpc) is 1.89. The fourth-order valence-electron chi connectivity index (χ4n) is 0.652. The smallest absolute Gasteiger partial charge is 0.611 e. The van der Waals surface area contributed by atoms with Crippen LogP contribution in [0.4, 0.5) is 0 Å². The standard InChI is InChI=1S/C6H12O2.Al.HI.H/c1-2-3-4-5-6(7)8;;;/h2-5H2,1H3,(H,7,8);;1H;/q;+2;;/p-2. The lowest BCUT2D eigenvalue weighted by Crippen LogP contribution is -2.03. The Bertz CT molecular complexity index is 97.7. The van der Waals surface area contributed by atoms with Crippen LogP contribution in [0.15, 0.2) is 0 Å². The molecule has 0 radical (unpaired) electrons. The molecule has 4 heteroatoms. The van der Waals surface area contributed by atoms with E-state index in [2.05, 4.69) is 27.2 Å². The van der Waals surface area contributed by atoms with Crippen molar-refractivity contribution in [3.05, 3.63) is 0 Å². The van der Waals surface area contributed by atoms with Crippen LogP contribution in [0.3, 0.4) is 0 Å². The third kappa shape index (κ3) is 6.85. The van der Waals surface area contributed by atoms with Crippen molar-refractivity contribution in [3.8, 4) is 0 Å². The second-order valence-corrected chi connectivity index (χ2v) is 4.46. The lowest BCUT2D eigenvalue weighted by molar-refractivity contribution is -0.134. The van der Waals surface area contributed by atoms with Crippen LogP contribution in [-0.4, -0.2) is 18.2 Å². The molecular formula is C6H12AlIO2. The molecule has 0 bridgehead atoms. The van der Waals surface area contributed by atoms with Gasteiger partial charge in [0, 0.05) is 6.42 Å². The minimum atomic E-state index is -0.547. The third-order valence-electron chi connectivity index (χ3n) is 1.20. The summed E-state index contributed by atoms with van der Waals surface area (Å²) in [7, 11) is 0. The van der Waals surface area contributed by atoms with Crippen molar-refractivity contribution in [2.45, 2.75) is 32.6 Å². The van der Waals surface area contributed by atoms with Crippen LogP contribution in [-0.2, 0) is 8.58 Å². The summed E-state index contributed by atoms with van der Waals surface area (Å²) in [6, 6.07) is 0. The maximum absolute atomic E-state index is 10.7. The van der Waals surface area contributed by atoms with Gasteiger partial charge in [-0.2, -0.15) is 20.3 Å². The Morgan fingerprint density at radius 2 is 2.30 bits per heavy atom. The molecule has 0 saturated heterocycles. The van der Waals surface area contributed by atoms with Gasteiger partial charge in [-0.1, -0.05) is 19.8 Å². The molecule has 0 aromatic rings. The SMILES string of the molecule is CCCCCC(=O)[O][AlH][I]. The van der Waals surface area contributed by atoms with Crippen LogP contribution < -0.4 is 0 Å². The summed E-state index contributed by atoms with van der Waals surface area (Å²) < 4.78 is 4.88. The molecule has 0 amide bonds. The molecule has 0 aliphatic heterocycles. The Kier molecular flexibility index (Phi) is 8.41. The summed E-state index contributed by atoms with van der Waals surface area (Å²) in [4.78, 5) is 10.7. The lowest BCUT2D eigenvalue weighted by atomic mass is 10.2. The molecule has 0 aromatic heterocycles. The summed E-state index contributed by atoms with van der Waals surface area (Å²) in [5.41, 5.74) is 0. The number of hydrogen-bond acceptors (Lipinski definition) is 2. The van der Waals surface area contributed by atoms with Gasteiger partial charge in [-0.3, -0.25) is 4.79 Å². The Morgan fingerprint density at radius 3 is 2.80 bits per heavy atom. The topological polar surface area (TPSA) is 26.3 Å². The van der Waals surface area contributed by atoms with Crippen LogP contribution in [0.1, 0.15) is 32.6 Å². The molecule has 0 atom stereocenters. The minimum absolute atomic E-state index is 0.00508. The zero-order valence-electron chi connectivity index (χ0n) is 6.23. The van der Waals surface area contributed by atoms with Crippen LogP contribution in [0.5, 0.6) is 0 Å². The number of rotatable bonds is 5. The van der Waals surface area contributed by atoms with E-state index >= 15 is 0 Å². The fourth-order valence-corrected chi connectivity index (χ4v) is 1.96. The Morgan fingerprint density at radius 1 is 1.60 bits per heavy atom. The van der Waals surface area contributed by atoms with E-state index in [0.717, 1.165) is 19.3 Å². The van der Waals surface area contributed by atoms with Gasteiger partial charge in [0.25, 0.3) is 5.97 Å². The highest BCUT2D eigenvalue weighted by Crippen LogP contribution is 2.00. The van der Waals surface area contributed by atoms with Gasteiger partial charge in [-0.15, -0.1) is 0 Å². The minimum Gasteiger partial charge on any atom is -0.611 e. The summed E-state index contributed by atoms with van der Waals surface area (Å²) >= 11 is 1.61. The molecule has 0 rings (SSSR count). The molecule has 0 saturated carbocycles. The number of hydrogen-bond donors (Lipinski definition) is 0. The van der Waals surface area contributed by atoms with E-state index < -0.39 is 12.3 Å². The number of carbonyl (C=O) groups excluding carboxylic acids is 1. The normalized spacial score (nSPS) is 9.00. The average molecular weight is 270 g/mol. The van der Waals surface area contributed by atoms with Crippen LogP contribution in [0, 0.1) is 0 Å². The lowest BCUT2D eigenvalue weighted by Gasteiger charge is -1.99. The zero-order chi connectivity index (χ0) is 7.82. The summed E-state index contributed by atoms with van der Waals surface area (Å²) in [5, 5.41) is 0. The molecule has 0 unspecified atom stereocenters. The van der Waals surface area contributed by atoms with Gasteiger partial charge in [-0.05, 0) is 6.42 Å². The van der Waals surface area contributed by atoms with E-state index in [0.29, 0.717) is 6.42 Å². The first kappa shape index (κ1) is 10.7. The predicted octanol–water partition coefficient (Wildman–Crippen LogP) is 1.81. The van der Waals surface area contributed by atoms with Crippen molar-refractivity contribution in [1.29, 1.82) is 0 Å². The Hall–Kier alpha value is 0.732. The molecule has 0 N–H and O–H groups in total. The fraction of sp³-hybridized carbons (Fsp3) is 0.833. The van der Waals surface area contributed by atoms with E-state index in [1.54, 1.807) is 0 Å². The Balaban J connectivity index is 3.05. The van der Waals surface area contributed by atoms with Crippen molar-refractivity contribution in [2.24, 2.45) is 0 Å². The highest BCUT2D eigenvalue weighted by Gasteiger charge is 2.00. The molecule has 0 aliphatic rings. The molecule has 2 nitrogen and oxygen atoms in total. The summed E-state index contributed by atoms with van der Waals surface area (Å²) in [6.07, 6.45) is 3.90. The van der Waals surface area contributed by atoms with Gasteiger partial charge in [0.1, 0.15) is 0 Å². The van der Waals surface area contributed by atoms with Crippen molar-refractivity contribution in [2.75, 3.05) is 0 Å². The van der Waals surface area contributed by atoms with Crippen molar-refractivity contribution in [3.63, 3.8) is 0 Å². The quantitative estimate of drug-likeness (QED) is 0.432. The van der Waals surface area contributed by atoms with Gasteiger partial charge in [0.05, 0.1) is 0 Å². The molecule has 10 heavy (non-hydrogen) atoms. The van der Waals surface area contributed by atoms with Gasteiger partial charge < -0.3 is 3.79 Å². The highest BCUT2D eigenvalue weighted by atomic mass is 127. The monoisotopic (exact) mass is 270 g/mol. The molecule has 0 heterocycles. The van der Waals surface area contributed by atoms with Crippen LogP contribution in [0.25, 0.3) is 0 Å². The first-order valence-electron chi connectivity index (χ1n) is 3.52. The Labute approximate surface area is 79.4 Å². The molecular weight excluding hydrogens is 258 g/mol. The van der Waals surface area contributed by atoms with E-state index in [1.807, 2.05) is 0 Å². The van der Waals surface area contributed by atoms with Crippen LogP contribution in [0.2, 0.25) is 0 Å². The zero-order valence-corrected chi connectivity index (χ0v) is 9.80. The second kappa shape index (κ2) is 7.84. The number of unbranched alkanes of at least 4 members (excludes halogenated alkanes) is 2. The molecule has 58 valence electrons. The van der Waals surface area contributed by atoms with E-state index in [4.69, 9.17) is 3.79 Å². The molecule has 0 aliphatic carbocycles. The molecule has 0 fully saturated rings. The first-order chi connectivity index (χ1) is 4.81. The van der Waals surface area contributed by atoms with Crippen molar-refractivity contribution < 1.29 is 8.58 Å². The largest absolute Gasteiger partial charge is 0.614 e. The molecule has 0 aromatic carbocycles. The van der Waals surface area contributed by atoms with E-state index in [-0.39, 0.29) is 5.97 Å². The third-order valence-corrected chi connectivity index (χ3v) is 2.57. The van der Waals surface area contributed by atoms with E-state index in [1.165, 1.54) is 0 Å². The predicted molar refractivity (Wildman–Crippen MR) is 51.4 cm³/mol. The first-order valence-corrected chi connectivity index (χ1v) is 9.21. The van der Waals surface area contributed by atoms with Gasteiger partial charge >= 0.3 is 12.3 Å². The van der Waals surface area contributed by atoms with Gasteiger partial charge in [0.15, 0.2) is 0 Å². The number of halogens is 1. The highest BCUT2D eigenvalue weighted by molar-refractivity contribution is 14.1. The summed E-state index contributed by atoms with van der Waals surface area (Å²) in [6.45, 7) is 2.12. The van der Waals surface area contributed by atoms with E-state index in [9.17, 15) is 4.79 Å². The maximum Gasteiger partial charge on any atom is 0.614 e. The van der Waals surface area contributed by atoms with Crippen molar-refractivity contribution in [1.82, 2.24) is 0 Å². The maximum atomic E-state index is 10.7. The van der Waals surface area contributed by atoms with Gasteiger partial charge in [0.2, 0.25) is 0 Å². The van der Waals surface area contributed by atoms with Gasteiger partial charge in [-0.25, -0.2) is 0 Å². The molecule has 0 spiro atoms. The second-order valence-electron chi connectivity index (χ2n) is 2.08. The summed E-state index contributed by atoms with van der Waals surface area (Å²) in [5.74, 6) is -0.00508. The van der Waals surface area contributed by atoms with Crippen molar-refractivity contribution >= 4 is 38.5 Å².